The van der Waals surface area contributed by atoms with E-state index in [1.165, 1.54) is 26.2 Å². The molecule has 0 heterocycles. The van der Waals surface area contributed by atoms with Crippen molar-refractivity contribution in [3.05, 3.63) is 59.7 Å². The van der Waals surface area contributed by atoms with Crippen LogP contribution in [0.5, 0.6) is 17.2 Å². The molecule has 0 radical (unpaired) electrons. The Labute approximate surface area is 140 Å². The van der Waals surface area contributed by atoms with Crippen LogP contribution in [0.2, 0.25) is 0 Å². The molecule has 0 unspecified atom stereocenters. The number of hydrogen-bond acceptors (Lipinski definition) is 5. The zero-order valence-corrected chi connectivity index (χ0v) is 13.7. The number of ketones is 1. The van der Waals surface area contributed by atoms with Gasteiger partial charge in [0.2, 0.25) is 0 Å². The Morgan fingerprint density at radius 2 is 1.54 bits per heavy atom. The van der Waals surface area contributed by atoms with Gasteiger partial charge in [-0.25, -0.2) is 4.79 Å². The zero-order chi connectivity index (χ0) is 17.5. The molecule has 5 nitrogen and oxygen atoms in total. The number of rotatable bonds is 6. The largest absolute Gasteiger partial charge is 0.497 e. The van der Waals surface area contributed by atoms with Gasteiger partial charge in [-0.15, -0.1) is 0 Å². The Hall–Kier alpha value is -3.08. The van der Waals surface area contributed by atoms with Gasteiger partial charge in [-0.05, 0) is 42.8 Å². The highest BCUT2D eigenvalue weighted by atomic mass is 16.5. The van der Waals surface area contributed by atoms with Crippen molar-refractivity contribution in [3.8, 4) is 17.2 Å². The summed E-state index contributed by atoms with van der Waals surface area (Å²) in [5.74, 6) is 0.631. The normalized spacial score (nSPS) is 10.5. The molecule has 0 spiro atoms. The fourth-order valence-corrected chi connectivity index (χ4v) is 2.03. The van der Waals surface area contributed by atoms with Crippen LogP contribution in [0.1, 0.15) is 22.8 Å². The summed E-state index contributed by atoms with van der Waals surface area (Å²) >= 11 is 0. The summed E-state index contributed by atoms with van der Waals surface area (Å²) in [5.41, 5.74) is 1.15. The van der Waals surface area contributed by atoms with Crippen molar-refractivity contribution in [2.45, 2.75) is 6.92 Å². The molecule has 0 aliphatic rings. The molecular weight excluding hydrogens is 308 g/mol. The van der Waals surface area contributed by atoms with Crippen molar-refractivity contribution in [2.75, 3.05) is 14.2 Å². The lowest BCUT2D eigenvalue weighted by atomic mass is 10.1. The van der Waals surface area contributed by atoms with Gasteiger partial charge in [0.15, 0.2) is 5.78 Å². The van der Waals surface area contributed by atoms with Crippen molar-refractivity contribution >= 4 is 17.8 Å². The highest BCUT2D eigenvalue weighted by Crippen LogP contribution is 2.25. The van der Waals surface area contributed by atoms with Crippen LogP contribution in [-0.4, -0.2) is 26.0 Å². The van der Waals surface area contributed by atoms with Gasteiger partial charge < -0.3 is 14.2 Å². The predicted molar refractivity (Wildman–Crippen MR) is 90.7 cm³/mol. The highest BCUT2D eigenvalue weighted by molar-refractivity contribution is 5.98. The maximum atomic E-state index is 12.0. The number of ether oxygens (including phenoxy) is 3. The van der Waals surface area contributed by atoms with Crippen LogP contribution in [0.4, 0.5) is 0 Å². The third-order valence-corrected chi connectivity index (χ3v) is 3.31. The number of Topliss-reactive ketones (excluding diaryl/α,β-unsaturated/α-hetero) is 1. The van der Waals surface area contributed by atoms with Crippen LogP contribution in [0.3, 0.4) is 0 Å². The number of benzene rings is 2. The maximum Gasteiger partial charge on any atom is 0.336 e. The van der Waals surface area contributed by atoms with Crippen molar-refractivity contribution in [3.63, 3.8) is 0 Å². The molecule has 0 aromatic heterocycles. The van der Waals surface area contributed by atoms with Crippen molar-refractivity contribution in [1.82, 2.24) is 0 Å². The first-order valence-corrected chi connectivity index (χ1v) is 7.26. The molecule has 0 fully saturated rings. The summed E-state index contributed by atoms with van der Waals surface area (Å²) in [6.45, 7) is 1.41. The van der Waals surface area contributed by atoms with Gasteiger partial charge in [-0.1, -0.05) is 12.1 Å². The quantitative estimate of drug-likeness (QED) is 0.352. The van der Waals surface area contributed by atoms with Gasteiger partial charge in [0.1, 0.15) is 17.2 Å². The number of hydrogen-bond donors (Lipinski definition) is 0. The van der Waals surface area contributed by atoms with Crippen molar-refractivity contribution in [1.29, 1.82) is 0 Å². The minimum absolute atomic E-state index is 0.172. The standard InChI is InChI=1S/C19H18O5/c1-13(20)17-10-9-16(23-3)12-18(17)24-19(21)11-6-14-4-7-15(22-2)8-5-14/h4-12H,1-3H3/b11-6+. The van der Waals surface area contributed by atoms with Gasteiger partial charge in [-0.3, -0.25) is 4.79 Å². The second-order valence-corrected chi connectivity index (χ2v) is 4.95. The van der Waals surface area contributed by atoms with E-state index in [9.17, 15) is 9.59 Å². The number of carbonyl (C=O) groups is 2. The average molecular weight is 326 g/mol. The van der Waals surface area contributed by atoms with E-state index in [0.29, 0.717) is 11.3 Å². The molecule has 5 heteroatoms. The van der Waals surface area contributed by atoms with Gasteiger partial charge in [0.05, 0.1) is 19.8 Å². The minimum atomic E-state index is -0.582. The van der Waals surface area contributed by atoms with E-state index in [4.69, 9.17) is 14.2 Å². The predicted octanol–water partition coefficient (Wildman–Crippen LogP) is 3.53. The first-order valence-electron chi connectivity index (χ1n) is 7.26. The van der Waals surface area contributed by atoms with Gasteiger partial charge in [0.25, 0.3) is 0 Å². The average Bonchev–Trinajstić information content (AvgIpc) is 2.60. The first kappa shape index (κ1) is 17.3. The Morgan fingerprint density at radius 3 is 2.12 bits per heavy atom. The van der Waals surface area contributed by atoms with E-state index >= 15 is 0 Å². The molecular formula is C19H18O5. The molecule has 2 rings (SSSR count). The fourth-order valence-electron chi connectivity index (χ4n) is 2.03. The lowest BCUT2D eigenvalue weighted by Gasteiger charge is -2.08. The molecule has 0 saturated carbocycles. The summed E-state index contributed by atoms with van der Waals surface area (Å²) < 4.78 is 15.4. The van der Waals surface area contributed by atoms with Gasteiger partial charge in [0, 0.05) is 12.1 Å². The molecule has 0 amide bonds. The van der Waals surface area contributed by atoms with Crippen LogP contribution in [0.15, 0.2) is 48.5 Å². The van der Waals surface area contributed by atoms with E-state index in [1.54, 1.807) is 37.5 Å². The summed E-state index contributed by atoms with van der Waals surface area (Å²) in [7, 11) is 3.08. The lowest BCUT2D eigenvalue weighted by Crippen LogP contribution is -2.07. The van der Waals surface area contributed by atoms with Crippen LogP contribution in [0.25, 0.3) is 6.08 Å². The molecule has 2 aromatic rings. The van der Waals surface area contributed by atoms with Crippen LogP contribution >= 0.6 is 0 Å². The number of methoxy groups -OCH3 is 2. The van der Waals surface area contributed by atoms with Crippen LogP contribution < -0.4 is 14.2 Å². The summed E-state index contributed by atoms with van der Waals surface area (Å²) in [4.78, 5) is 23.6. The van der Waals surface area contributed by atoms with Crippen LogP contribution in [-0.2, 0) is 4.79 Å². The Balaban J connectivity index is 2.13. The Bertz CT molecular complexity index is 760. The molecule has 0 bridgehead atoms. The molecule has 0 atom stereocenters. The SMILES string of the molecule is COc1ccc(/C=C/C(=O)Oc2cc(OC)ccc2C(C)=O)cc1. The Morgan fingerprint density at radius 1 is 0.917 bits per heavy atom. The molecule has 2 aromatic carbocycles. The molecule has 124 valence electrons. The topological polar surface area (TPSA) is 61.8 Å². The monoisotopic (exact) mass is 326 g/mol. The summed E-state index contributed by atoms with van der Waals surface area (Å²) in [5, 5.41) is 0. The second kappa shape index (κ2) is 7.97. The van der Waals surface area contributed by atoms with Gasteiger partial charge in [-0.2, -0.15) is 0 Å². The van der Waals surface area contributed by atoms with Gasteiger partial charge >= 0.3 is 5.97 Å². The molecule has 24 heavy (non-hydrogen) atoms. The van der Waals surface area contributed by atoms with E-state index in [0.717, 1.165) is 11.3 Å². The third kappa shape index (κ3) is 4.46. The van der Waals surface area contributed by atoms with E-state index < -0.39 is 5.97 Å². The zero-order valence-electron chi connectivity index (χ0n) is 13.7. The first-order chi connectivity index (χ1) is 11.5. The molecule has 0 aliphatic carbocycles. The van der Waals surface area contributed by atoms with Crippen molar-refractivity contribution < 1.29 is 23.8 Å². The Kier molecular flexibility index (Phi) is 5.73. The second-order valence-electron chi connectivity index (χ2n) is 4.95. The number of esters is 1. The lowest BCUT2D eigenvalue weighted by molar-refractivity contribution is -0.128. The van der Waals surface area contributed by atoms with E-state index in [2.05, 4.69) is 0 Å². The van der Waals surface area contributed by atoms with E-state index in [1.807, 2.05) is 12.1 Å². The fraction of sp³-hybridized carbons (Fsp3) is 0.158. The maximum absolute atomic E-state index is 12.0. The number of carbonyl (C=O) groups excluding carboxylic acids is 2. The molecule has 0 aliphatic heterocycles. The van der Waals surface area contributed by atoms with E-state index in [-0.39, 0.29) is 11.5 Å². The third-order valence-electron chi connectivity index (χ3n) is 3.31. The molecule has 0 N–H and O–H groups in total. The highest BCUT2D eigenvalue weighted by Gasteiger charge is 2.12. The minimum Gasteiger partial charge on any atom is -0.497 e. The molecule has 0 saturated heterocycles. The van der Waals surface area contributed by atoms with Crippen molar-refractivity contribution in [2.24, 2.45) is 0 Å². The smallest absolute Gasteiger partial charge is 0.336 e. The summed E-state index contributed by atoms with van der Waals surface area (Å²) in [6.07, 6.45) is 2.92. The van der Waals surface area contributed by atoms with Crippen LogP contribution in [0, 0.1) is 0 Å². The summed E-state index contributed by atoms with van der Waals surface area (Å²) in [6, 6.07) is 11.9.